The largest absolute Gasteiger partial charge is 0.399 e. The Hall–Kier alpha value is -0.190. The molecule has 1 aromatic rings. The van der Waals surface area contributed by atoms with E-state index in [1.807, 2.05) is 0 Å². The molecule has 1 unspecified atom stereocenters. The van der Waals surface area contributed by atoms with Crippen molar-refractivity contribution in [1.29, 1.82) is 0 Å². The number of anilines is 1. The van der Waals surface area contributed by atoms with Gasteiger partial charge in [0.25, 0.3) is 0 Å². The van der Waals surface area contributed by atoms with Gasteiger partial charge in [-0.15, -0.1) is 0 Å². The lowest BCUT2D eigenvalue weighted by molar-refractivity contribution is 0.158. The first-order valence-electron chi connectivity index (χ1n) is 5.68. The van der Waals surface area contributed by atoms with Gasteiger partial charge in [-0.05, 0) is 50.4 Å². The summed E-state index contributed by atoms with van der Waals surface area (Å²) in [6.07, 6.45) is 0.261. The minimum Gasteiger partial charge on any atom is -0.399 e. The molecule has 0 aliphatic carbocycles. The topological polar surface area (TPSA) is 102 Å². The second-order valence-corrected chi connectivity index (χ2v) is 7.46. The van der Waals surface area contributed by atoms with Gasteiger partial charge in [0.2, 0.25) is 10.0 Å². The molecule has 1 aromatic carbocycles. The molecule has 0 aliphatic rings. The number of nitrogens with two attached hydrogens (primary N) is 1. The number of nitrogens with one attached hydrogen (secondary N) is 1. The summed E-state index contributed by atoms with van der Waals surface area (Å²) >= 11 is 6.38. The molecule has 4 N–H and O–H groups in total. The van der Waals surface area contributed by atoms with Crippen LogP contribution in [0.3, 0.4) is 0 Å². The Morgan fingerprint density at radius 3 is 2.40 bits per heavy atom. The molecule has 0 aliphatic heterocycles. The van der Waals surface area contributed by atoms with E-state index in [0.717, 1.165) is 0 Å². The van der Waals surface area contributed by atoms with E-state index in [4.69, 9.17) is 15.6 Å². The van der Waals surface area contributed by atoms with Crippen molar-refractivity contribution in [3.8, 4) is 0 Å². The highest BCUT2D eigenvalue weighted by molar-refractivity contribution is 9.11. The summed E-state index contributed by atoms with van der Waals surface area (Å²) < 4.78 is 32.9. The minimum atomic E-state index is -3.77. The number of rotatable bonds is 7. The number of halogens is 2. The average molecular weight is 432 g/mol. The third-order valence-corrected chi connectivity index (χ3v) is 5.85. The molecule has 20 heavy (non-hydrogen) atoms. The van der Waals surface area contributed by atoms with Gasteiger partial charge < -0.3 is 15.6 Å². The Kier molecular flexibility index (Phi) is 6.89. The van der Waals surface area contributed by atoms with Crippen molar-refractivity contribution in [3.63, 3.8) is 0 Å². The number of aliphatic hydroxyl groups is 1. The summed E-state index contributed by atoms with van der Waals surface area (Å²) in [6, 6.07) is 2.51. The van der Waals surface area contributed by atoms with Crippen molar-refractivity contribution in [3.05, 3.63) is 21.1 Å². The van der Waals surface area contributed by atoms with Crippen LogP contribution in [0.4, 0.5) is 5.69 Å². The van der Waals surface area contributed by atoms with E-state index in [9.17, 15) is 8.42 Å². The molecule has 9 heteroatoms. The molecule has 0 radical (unpaired) electrons. The van der Waals surface area contributed by atoms with Gasteiger partial charge in [-0.2, -0.15) is 0 Å². The van der Waals surface area contributed by atoms with Gasteiger partial charge in [-0.3, -0.25) is 0 Å². The van der Waals surface area contributed by atoms with Gasteiger partial charge >= 0.3 is 0 Å². The summed E-state index contributed by atoms with van der Waals surface area (Å²) in [5.41, 5.74) is 6.08. The monoisotopic (exact) mass is 430 g/mol. The molecule has 0 bridgehead atoms. The third kappa shape index (κ3) is 4.68. The highest BCUT2D eigenvalue weighted by atomic mass is 79.9. The Bertz CT molecular complexity index is 537. The number of methoxy groups -OCH3 is 1. The average Bonchev–Trinajstić information content (AvgIpc) is 2.26. The van der Waals surface area contributed by atoms with Crippen LogP contribution in [0.2, 0.25) is 0 Å². The smallest absolute Gasteiger partial charge is 0.243 e. The van der Waals surface area contributed by atoms with E-state index in [2.05, 4.69) is 36.6 Å². The quantitative estimate of drug-likeness (QED) is 0.567. The van der Waals surface area contributed by atoms with Crippen LogP contribution in [0.5, 0.6) is 0 Å². The zero-order valence-corrected chi connectivity index (χ0v) is 14.8. The lowest BCUT2D eigenvalue weighted by Gasteiger charge is -2.18. The maximum Gasteiger partial charge on any atom is 0.243 e. The number of ether oxygens (including phenoxy) is 1. The molecule has 0 heterocycles. The van der Waals surface area contributed by atoms with Crippen LogP contribution in [0.25, 0.3) is 0 Å². The fourth-order valence-corrected chi connectivity index (χ4v) is 5.52. The standard InChI is InChI=1S/C11H16Br2N2O4S/c1-19-6-8(2-3-16)15-20(17,18)11-9(12)4-7(14)5-10(11)13/h4-5,8,15-16H,2-3,6,14H2,1H3. The van der Waals surface area contributed by atoms with Crippen LogP contribution in [0, 0.1) is 0 Å². The van der Waals surface area contributed by atoms with E-state index in [0.29, 0.717) is 14.6 Å². The van der Waals surface area contributed by atoms with E-state index >= 15 is 0 Å². The lowest BCUT2D eigenvalue weighted by atomic mass is 10.2. The number of benzene rings is 1. The zero-order chi connectivity index (χ0) is 15.3. The van der Waals surface area contributed by atoms with E-state index in [-0.39, 0.29) is 24.5 Å². The van der Waals surface area contributed by atoms with Crippen molar-refractivity contribution >= 4 is 47.6 Å². The third-order valence-electron chi connectivity index (χ3n) is 2.46. The van der Waals surface area contributed by atoms with E-state index in [1.54, 1.807) is 0 Å². The lowest BCUT2D eigenvalue weighted by Crippen LogP contribution is -2.38. The van der Waals surface area contributed by atoms with Crippen LogP contribution in [0.1, 0.15) is 6.42 Å². The molecule has 1 rings (SSSR count). The first-order valence-corrected chi connectivity index (χ1v) is 8.75. The maximum atomic E-state index is 12.4. The molecule has 114 valence electrons. The second-order valence-electron chi connectivity index (χ2n) is 4.10. The maximum absolute atomic E-state index is 12.4. The van der Waals surface area contributed by atoms with Crippen LogP contribution in [-0.2, 0) is 14.8 Å². The molecule has 6 nitrogen and oxygen atoms in total. The predicted octanol–water partition coefficient (Wildman–Crippen LogP) is 1.47. The van der Waals surface area contributed by atoms with Crippen molar-refractivity contribution in [2.75, 3.05) is 26.1 Å². The highest BCUT2D eigenvalue weighted by Crippen LogP contribution is 2.32. The number of aliphatic hydroxyl groups excluding tert-OH is 1. The number of hydrogen-bond acceptors (Lipinski definition) is 5. The summed E-state index contributed by atoms with van der Waals surface area (Å²) in [5.74, 6) is 0. The van der Waals surface area contributed by atoms with E-state index < -0.39 is 16.1 Å². The zero-order valence-electron chi connectivity index (χ0n) is 10.8. The van der Waals surface area contributed by atoms with Gasteiger partial charge in [-0.1, -0.05) is 0 Å². The van der Waals surface area contributed by atoms with Gasteiger partial charge in [0.1, 0.15) is 4.90 Å². The SMILES string of the molecule is COCC(CCO)NS(=O)(=O)c1c(Br)cc(N)cc1Br. The molecule has 0 fully saturated rings. The minimum absolute atomic E-state index is 0.0609. The number of nitrogen functional groups attached to an aromatic ring is 1. The molecule has 0 saturated carbocycles. The Morgan fingerprint density at radius 2 is 1.95 bits per heavy atom. The van der Waals surface area contributed by atoms with Crippen LogP contribution < -0.4 is 10.5 Å². The molecule has 0 aromatic heterocycles. The summed E-state index contributed by atoms with van der Waals surface area (Å²) in [6.45, 7) is 0.0324. The summed E-state index contributed by atoms with van der Waals surface area (Å²) in [7, 11) is -2.31. The molecule has 0 saturated heterocycles. The molecule has 1 atom stereocenters. The van der Waals surface area contributed by atoms with Crippen molar-refractivity contribution in [2.45, 2.75) is 17.4 Å². The fourth-order valence-electron chi connectivity index (χ4n) is 1.65. The number of sulfonamides is 1. The summed E-state index contributed by atoms with van der Waals surface area (Å²) in [5, 5.41) is 8.95. The molecular formula is C11H16Br2N2O4S. The predicted molar refractivity (Wildman–Crippen MR) is 83.9 cm³/mol. The van der Waals surface area contributed by atoms with Gasteiger partial charge in [0, 0.05) is 34.4 Å². The molecular weight excluding hydrogens is 416 g/mol. The van der Waals surface area contributed by atoms with Gasteiger partial charge in [0.05, 0.1) is 6.61 Å². The first kappa shape index (κ1) is 17.9. The van der Waals surface area contributed by atoms with Crippen LogP contribution in [-0.4, -0.2) is 39.9 Å². The normalized spacial score (nSPS) is 13.4. The molecule has 0 amide bonds. The Morgan fingerprint density at radius 1 is 1.40 bits per heavy atom. The fraction of sp³-hybridized carbons (Fsp3) is 0.455. The molecule has 0 spiro atoms. The first-order chi connectivity index (χ1) is 9.31. The van der Waals surface area contributed by atoms with E-state index in [1.165, 1.54) is 19.2 Å². The Labute approximate surface area is 135 Å². The van der Waals surface area contributed by atoms with Crippen LogP contribution in [0.15, 0.2) is 26.0 Å². The van der Waals surface area contributed by atoms with Gasteiger partial charge in [-0.25, -0.2) is 13.1 Å². The van der Waals surface area contributed by atoms with Gasteiger partial charge in [0.15, 0.2) is 0 Å². The van der Waals surface area contributed by atoms with Crippen molar-refractivity contribution in [1.82, 2.24) is 4.72 Å². The van der Waals surface area contributed by atoms with Crippen LogP contribution >= 0.6 is 31.9 Å². The number of hydrogen-bond donors (Lipinski definition) is 3. The highest BCUT2D eigenvalue weighted by Gasteiger charge is 2.25. The van der Waals surface area contributed by atoms with Crippen molar-refractivity contribution < 1.29 is 18.3 Å². The van der Waals surface area contributed by atoms with Crippen molar-refractivity contribution in [2.24, 2.45) is 0 Å². The Balaban J connectivity index is 3.10. The summed E-state index contributed by atoms with van der Waals surface area (Å²) in [4.78, 5) is 0.0609. The second kappa shape index (κ2) is 7.71.